The molecule has 0 aliphatic carbocycles. The number of rotatable bonds is 5. The second-order valence-corrected chi connectivity index (χ2v) is 6.93. The quantitative estimate of drug-likeness (QED) is 0.463. The fourth-order valence-corrected chi connectivity index (χ4v) is 1.45. The van der Waals surface area contributed by atoms with Gasteiger partial charge in [-0.25, -0.2) is 0 Å². The molecule has 1 rings (SSSR count). The third-order valence-electron chi connectivity index (χ3n) is 4.00. The van der Waals surface area contributed by atoms with E-state index >= 15 is 0 Å². The molecule has 0 spiro atoms. The van der Waals surface area contributed by atoms with Gasteiger partial charge in [0, 0.05) is 44.3 Å². The van der Waals surface area contributed by atoms with E-state index in [1.807, 2.05) is 44.2 Å². The zero-order valence-corrected chi connectivity index (χ0v) is 19.6. The first-order chi connectivity index (χ1) is 10.6. The van der Waals surface area contributed by atoms with E-state index in [9.17, 15) is 9.59 Å². The van der Waals surface area contributed by atoms with Crippen LogP contribution in [0.5, 0.6) is 0 Å². The Labute approximate surface area is 175 Å². The zero-order chi connectivity index (χ0) is 18.5. The van der Waals surface area contributed by atoms with Crippen molar-refractivity contribution >= 4 is 11.6 Å². The van der Waals surface area contributed by atoms with Crippen molar-refractivity contribution in [2.75, 3.05) is 0 Å². The van der Waals surface area contributed by atoms with Gasteiger partial charge in [0.1, 0.15) is 0 Å². The minimum Gasteiger partial charge on any atom is -0.334 e. The molecule has 2 nitrogen and oxygen atoms in total. The summed E-state index contributed by atoms with van der Waals surface area (Å²) in [5.41, 5.74) is 0.275. The number of ketones is 2. The molecule has 0 unspecified atom stereocenters. The molecule has 0 aliphatic heterocycles. The van der Waals surface area contributed by atoms with Gasteiger partial charge < -0.3 is 9.59 Å². The zero-order valence-electron chi connectivity index (χ0n) is 16.8. The molecule has 0 saturated heterocycles. The van der Waals surface area contributed by atoms with Crippen LogP contribution in [0.3, 0.4) is 0 Å². The smallest absolute Gasteiger partial charge is 0.00532 e. The number of Topliss-reactive ketones (excluding diaryl/α,β-unsaturated/α-hetero) is 2. The maximum atomic E-state index is 11.4. The second kappa shape index (κ2) is 14.8. The van der Waals surface area contributed by atoms with Crippen LogP contribution in [-0.4, -0.2) is 11.6 Å². The maximum Gasteiger partial charge on any atom is 0.00532 e. The van der Waals surface area contributed by atoms with E-state index in [4.69, 9.17) is 0 Å². The predicted molar refractivity (Wildman–Crippen MR) is 99.1 cm³/mol. The molecule has 0 heterocycles. The van der Waals surface area contributed by atoms with Gasteiger partial charge in [-0.1, -0.05) is 48.5 Å². The summed E-state index contributed by atoms with van der Waals surface area (Å²) in [6.07, 6.45) is 2.47. The van der Waals surface area contributed by atoms with Crippen molar-refractivity contribution < 1.29 is 42.3 Å². The molecule has 0 N–H and O–H groups in total. The third-order valence-corrected chi connectivity index (χ3v) is 4.00. The normalized spacial score (nSPS) is 10.0. The van der Waals surface area contributed by atoms with Crippen molar-refractivity contribution in [3.8, 4) is 0 Å². The number of carbonyl (C=O) groups excluding carboxylic acids is 2. The predicted octanol–water partition coefficient (Wildman–Crippen LogP) is 5.71. The van der Waals surface area contributed by atoms with Crippen LogP contribution in [-0.2, 0) is 42.3 Å². The number of carbonyl (C=O) groups is 2. The summed E-state index contributed by atoms with van der Waals surface area (Å²) in [5.74, 6) is -0.214. The molecule has 0 aromatic heterocycles. The molecule has 0 bridgehead atoms. The van der Waals surface area contributed by atoms with E-state index in [0.29, 0.717) is 6.42 Å². The SMILES string of the molecule is CC.CC(=O)[CH-]C(=O)CCC(C)(C)C(C)(C)C.[Y].[c-]1ccccc1. The van der Waals surface area contributed by atoms with E-state index < -0.39 is 0 Å². The molecular weight excluding hydrogens is 373 g/mol. The van der Waals surface area contributed by atoms with Crippen LogP contribution >= 0.6 is 0 Å². The molecule has 0 atom stereocenters. The Kier molecular flexibility index (Phi) is 17.5. The van der Waals surface area contributed by atoms with Crippen LogP contribution in [0, 0.1) is 23.3 Å². The van der Waals surface area contributed by atoms with Crippen molar-refractivity contribution in [1.82, 2.24) is 0 Å². The fourth-order valence-electron chi connectivity index (χ4n) is 1.45. The Morgan fingerprint density at radius 1 is 0.958 bits per heavy atom. The summed E-state index contributed by atoms with van der Waals surface area (Å²) in [6, 6.07) is 12.5. The molecule has 1 radical (unpaired) electrons. The molecule has 0 aliphatic rings. The Morgan fingerprint density at radius 3 is 1.67 bits per heavy atom. The van der Waals surface area contributed by atoms with Crippen molar-refractivity contribution in [1.29, 1.82) is 0 Å². The van der Waals surface area contributed by atoms with E-state index in [1.165, 1.54) is 13.3 Å². The Morgan fingerprint density at radius 2 is 1.42 bits per heavy atom. The van der Waals surface area contributed by atoms with E-state index in [0.717, 1.165) is 6.42 Å². The molecule has 135 valence electrons. The van der Waals surface area contributed by atoms with Gasteiger partial charge in [0.15, 0.2) is 0 Å². The third kappa shape index (κ3) is 15.1. The van der Waals surface area contributed by atoms with Crippen LogP contribution in [0.1, 0.15) is 68.2 Å². The Hall–Kier alpha value is -0.466. The average molecular weight is 407 g/mol. The van der Waals surface area contributed by atoms with Gasteiger partial charge in [-0.15, -0.1) is 0 Å². The Balaban J connectivity index is -0.000000406. The van der Waals surface area contributed by atoms with Crippen LogP contribution in [0.4, 0.5) is 0 Å². The molecule has 1 aromatic carbocycles. The summed E-state index contributed by atoms with van der Waals surface area (Å²) in [7, 11) is 0. The van der Waals surface area contributed by atoms with Gasteiger partial charge in [0.05, 0.1) is 0 Å². The molecule has 1 aromatic rings. The summed E-state index contributed by atoms with van der Waals surface area (Å²) in [4.78, 5) is 22.0. The van der Waals surface area contributed by atoms with E-state index in [2.05, 4.69) is 40.7 Å². The topological polar surface area (TPSA) is 34.1 Å². The fraction of sp³-hybridized carbons (Fsp3) is 0.571. The standard InChI is InChI=1S/C13H23O2.C6H5.C2H6.Y/c1-10(14)9-11(15)7-8-13(5,6)12(2,3)4;1-2-4-6-5-3-1;1-2;/h9H,7-8H2,1-6H3;1-5H;1-2H3;/q2*-1;;. The maximum absolute atomic E-state index is 11.4. The largest absolute Gasteiger partial charge is 0.334 e. The first-order valence-corrected chi connectivity index (χ1v) is 8.35. The van der Waals surface area contributed by atoms with Crippen molar-refractivity contribution in [3.63, 3.8) is 0 Å². The first kappa shape index (κ1) is 28.3. The van der Waals surface area contributed by atoms with Gasteiger partial charge in [-0.3, -0.25) is 6.42 Å². The Bertz CT molecular complexity index is 404. The number of hydrogen-bond acceptors (Lipinski definition) is 2. The van der Waals surface area contributed by atoms with Crippen molar-refractivity contribution in [2.45, 2.75) is 68.2 Å². The first-order valence-electron chi connectivity index (χ1n) is 8.35. The minimum absolute atomic E-state index is 0. The number of hydrogen-bond donors (Lipinski definition) is 0. The van der Waals surface area contributed by atoms with Crippen LogP contribution < -0.4 is 0 Å². The monoisotopic (exact) mass is 407 g/mol. The molecule has 0 amide bonds. The van der Waals surface area contributed by atoms with Crippen LogP contribution in [0.15, 0.2) is 30.3 Å². The molecule has 3 heteroatoms. The van der Waals surface area contributed by atoms with Crippen LogP contribution in [0.2, 0.25) is 0 Å². The second-order valence-electron chi connectivity index (χ2n) is 6.93. The van der Waals surface area contributed by atoms with Gasteiger partial charge >= 0.3 is 0 Å². The minimum atomic E-state index is -0.159. The number of benzene rings is 1. The van der Waals surface area contributed by atoms with Crippen molar-refractivity contribution in [3.05, 3.63) is 42.8 Å². The van der Waals surface area contributed by atoms with E-state index in [1.54, 1.807) is 0 Å². The van der Waals surface area contributed by atoms with Gasteiger partial charge in [-0.2, -0.15) is 36.4 Å². The summed E-state index contributed by atoms with van der Waals surface area (Å²) in [5, 5.41) is 0. The molecule has 0 fully saturated rings. The summed E-state index contributed by atoms with van der Waals surface area (Å²) in [6.45, 7) is 16.2. The molecule has 24 heavy (non-hydrogen) atoms. The van der Waals surface area contributed by atoms with Gasteiger partial charge in [0.2, 0.25) is 0 Å². The van der Waals surface area contributed by atoms with Crippen LogP contribution in [0.25, 0.3) is 0 Å². The van der Waals surface area contributed by atoms with Crippen molar-refractivity contribution in [2.24, 2.45) is 10.8 Å². The summed E-state index contributed by atoms with van der Waals surface area (Å²) < 4.78 is 0. The summed E-state index contributed by atoms with van der Waals surface area (Å²) >= 11 is 0. The van der Waals surface area contributed by atoms with Gasteiger partial charge in [0.25, 0.3) is 0 Å². The average Bonchev–Trinajstić information content (AvgIpc) is 2.48. The van der Waals surface area contributed by atoms with Gasteiger partial charge in [-0.05, 0) is 30.6 Å². The molecule has 0 saturated carbocycles. The van der Waals surface area contributed by atoms with E-state index in [-0.39, 0.29) is 55.1 Å². The molecular formula is C21H34O2Y-2.